The van der Waals surface area contributed by atoms with Gasteiger partial charge in [-0.15, -0.1) is 0 Å². The monoisotopic (exact) mass is 296 g/mol. The summed E-state index contributed by atoms with van der Waals surface area (Å²) >= 11 is 0. The maximum Gasteiger partial charge on any atom is 0.335 e. The van der Waals surface area contributed by atoms with E-state index in [0.717, 1.165) is 0 Å². The molecule has 0 saturated carbocycles. The van der Waals surface area contributed by atoms with Crippen molar-refractivity contribution in [3.8, 4) is 0 Å². The van der Waals surface area contributed by atoms with E-state index >= 15 is 0 Å². The predicted molar refractivity (Wildman–Crippen MR) is 69.8 cm³/mol. The fourth-order valence-corrected chi connectivity index (χ4v) is 1.99. The largest absolute Gasteiger partial charge is 0.478 e. The van der Waals surface area contributed by atoms with Gasteiger partial charge in [0.2, 0.25) is 0 Å². The molecule has 7 nitrogen and oxygen atoms in total. The third kappa shape index (κ3) is 2.96. The molecule has 1 fully saturated rings. The quantitative estimate of drug-likeness (QED) is 0.389. The van der Waals surface area contributed by atoms with Gasteiger partial charge in [0.25, 0.3) is 0 Å². The molecule has 0 bridgehead atoms. The minimum atomic E-state index is -1.91. The van der Waals surface area contributed by atoms with E-state index in [2.05, 4.69) is 0 Å². The van der Waals surface area contributed by atoms with Crippen molar-refractivity contribution in [2.45, 2.75) is 24.1 Å². The molecule has 0 aliphatic carbocycles. The normalized spacial score (nSPS) is 33.3. The molecule has 0 radical (unpaired) electrons. The first kappa shape index (κ1) is 17.3. The van der Waals surface area contributed by atoms with Crippen LogP contribution in [-0.2, 0) is 10.3 Å². The average molecular weight is 297 g/mol. The number of rotatable bonds is 2. The second kappa shape index (κ2) is 6.35. The number of ether oxygens (including phenoxy) is 1. The van der Waals surface area contributed by atoms with E-state index in [0.29, 0.717) is 0 Å². The van der Waals surface area contributed by atoms with E-state index in [1.165, 1.54) is 24.3 Å². The van der Waals surface area contributed by atoms with Crippen molar-refractivity contribution in [2.24, 2.45) is 0 Å². The predicted octanol–water partition coefficient (Wildman–Crippen LogP) is -2.27. The van der Waals surface area contributed by atoms with Gasteiger partial charge >= 0.3 is 29.0 Å². The Labute approximate surface area is 130 Å². The van der Waals surface area contributed by atoms with E-state index in [-0.39, 0.29) is 34.2 Å². The lowest BCUT2D eigenvalue weighted by Gasteiger charge is -2.41. The smallest absolute Gasteiger partial charge is 0.335 e. The Hall–Kier alpha value is -0.744. The van der Waals surface area contributed by atoms with Crippen LogP contribution in [-0.4, -0.2) is 79.7 Å². The van der Waals surface area contributed by atoms with Gasteiger partial charge in [0.05, 0.1) is 12.2 Å². The van der Waals surface area contributed by atoms with Crippen LogP contribution in [0, 0.1) is 0 Å². The zero-order valence-corrected chi connectivity index (χ0v) is 9.80. The molecule has 20 heavy (non-hydrogen) atoms. The van der Waals surface area contributed by atoms with Crippen molar-refractivity contribution in [1.82, 2.24) is 0 Å². The number of benzene rings is 1. The highest BCUT2D eigenvalue weighted by Crippen LogP contribution is 2.32. The van der Waals surface area contributed by atoms with Crippen molar-refractivity contribution < 1.29 is 35.1 Å². The van der Waals surface area contributed by atoms with Gasteiger partial charge in [0.1, 0.15) is 17.8 Å². The van der Waals surface area contributed by atoms with Crippen molar-refractivity contribution in [3.63, 3.8) is 0 Å². The summed E-state index contributed by atoms with van der Waals surface area (Å²) in [4.78, 5) is 10.7. The van der Waals surface area contributed by atoms with Gasteiger partial charge in [0, 0.05) is 0 Å². The van der Waals surface area contributed by atoms with Crippen LogP contribution in [0.1, 0.15) is 15.9 Å². The molecule has 0 amide bonds. The lowest BCUT2D eigenvalue weighted by Crippen LogP contribution is -2.59. The Balaban J connectivity index is 0.00000200. The van der Waals surface area contributed by atoms with E-state index in [1.807, 2.05) is 0 Å². The lowest BCUT2D eigenvalue weighted by molar-refractivity contribution is -0.289. The molecule has 1 aromatic rings. The van der Waals surface area contributed by atoms with Crippen LogP contribution in [0.15, 0.2) is 24.3 Å². The van der Waals surface area contributed by atoms with Gasteiger partial charge in [-0.3, -0.25) is 0 Å². The fraction of sp³-hybridized carbons (Fsp3) is 0.417. The lowest BCUT2D eigenvalue weighted by atomic mass is 9.84. The van der Waals surface area contributed by atoms with Gasteiger partial charge < -0.3 is 30.3 Å². The number of aromatic carboxylic acids is 1. The van der Waals surface area contributed by atoms with Gasteiger partial charge in [0.15, 0.2) is 6.29 Å². The molecular weight excluding hydrogens is 280 g/mol. The highest BCUT2D eigenvalue weighted by atomic mass is 24.3. The highest BCUT2D eigenvalue weighted by Gasteiger charge is 2.49. The summed E-state index contributed by atoms with van der Waals surface area (Å²) in [7, 11) is 0. The molecule has 8 heteroatoms. The number of hydrogen-bond donors (Lipinski definition) is 5. The van der Waals surface area contributed by atoms with Crippen LogP contribution < -0.4 is 0 Å². The van der Waals surface area contributed by atoms with Crippen molar-refractivity contribution >= 4 is 29.0 Å². The number of aliphatic hydroxyl groups is 4. The molecule has 1 heterocycles. The van der Waals surface area contributed by atoms with Crippen LogP contribution in [0.2, 0.25) is 0 Å². The number of carbonyl (C=O) groups is 1. The Morgan fingerprint density at radius 3 is 2.25 bits per heavy atom. The molecule has 5 N–H and O–H groups in total. The Bertz CT molecular complexity index is 477. The first-order chi connectivity index (χ1) is 8.86. The van der Waals surface area contributed by atoms with Crippen LogP contribution >= 0.6 is 0 Å². The summed E-state index contributed by atoms with van der Waals surface area (Å²) in [6.45, 7) is -0.418. The Morgan fingerprint density at radius 2 is 1.75 bits per heavy atom. The molecule has 4 atom stereocenters. The van der Waals surface area contributed by atoms with Crippen molar-refractivity contribution in [3.05, 3.63) is 35.4 Å². The van der Waals surface area contributed by atoms with Crippen LogP contribution in [0.3, 0.4) is 0 Å². The number of carboxylic acid groups (broad SMARTS) is 1. The topological polar surface area (TPSA) is 127 Å². The van der Waals surface area contributed by atoms with Crippen molar-refractivity contribution in [2.75, 3.05) is 6.61 Å². The van der Waals surface area contributed by atoms with E-state index in [4.69, 9.17) is 9.84 Å². The van der Waals surface area contributed by atoms with Crippen molar-refractivity contribution in [1.29, 1.82) is 0 Å². The molecule has 108 valence electrons. The van der Waals surface area contributed by atoms with Gasteiger partial charge in [-0.2, -0.15) is 0 Å². The standard InChI is InChI=1S/C12H14O7.Mg.2H/c13-8-9(14)12(18,5-19-11(8)17)7-3-1-6(2-4-7)10(15)16;;;/h1-4,8-9,11,13-14,17-18H,5H2,(H,15,16);;;/t8-,9-,11+,12+;;;/m1.../s1. The SMILES string of the molecule is O=C(O)c1ccc([C@@]2(O)CO[C@H](O)[C@H](O)[C@H]2O)cc1.[MgH2]. The summed E-state index contributed by atoms with van der Waals surface area (Å²) < 4.78 is 4.79. The van der Waals surface area contributed by atoms with Gasteiger partial charge in [-0.05, 0) is 17.7 Å². The highest BCUT2D eigenvalue weighted by molar-refractivity contribution is 5.87. The summed E-state index contributed by atoms with van der Waals surface area (Å²) in [6.07, 6.45) is -4.88. The van der Waals surface area contributed by atoms with E-state index in [1.54, 1.807) is 0 Å². The molecule has 1 aliphatic heterocycles. The molecule has 0 spiro atoms. The molecule has 1 aliphatic rings. The summed E-state index contributed by atoms with van der Waals surface area (Å²) in [5.74, 6) is -1.12. The second-order valence-corrected chi connectivity index (χ2v) is 4.44. The van der Waals surface area contributed by atoms with Crippen LogP contribution in [0.4, 0.5) is 0 Å². The molecule has 0 aromatic heterocycles. The second-order valence-electron chi connectivity index (χ2n) is 4.44. The summed E-state index contributed by atoms with van der Waals surface area (Å²) in [6, 6.07) is 5.17. The zero-order chi connectivity index (χ0) is 14.2. The molecule has 2 rings (SSSR count). The van der Waals surface area contributed by atoms with E-state index in [9.17, 15) is 25.2 Å². The van der Waals surface area contributed by atoms with Crippen LogP contribution in [0.25, 0.3) is 0 Å². The Morgan fingerprint density at radius 1 is 1.20 bits per heavy atom. The molecule has 1 saturated heterocycles. The summed E-state index contributed by atoms with van der Waals surface area (Å²) in [5.41, 5.74) is -1.69. The Kier molecular flexibility index (Phi) is 5.50. The maximum absolute atomic E-state index is 10.7. The van der Waals surface area contributed by atoms with E-state index < -0.39 is 36.7 Å². The third-order valence-electron chi connectivity index (χ3n) is 3.21. The zero-order valence-electron chi connectivity index (χ0n) is 9.80. The minimum Gasteiger partial charge on any atom is -0.478 e. The van der Waals surface area contributed by atoms with Gasteiger partial charge in [-0.1, -0.05) is 12.1 Å². The van der Waals surface area contributed by atoms with Gasteiger partial charge in [-0.25, -0.2) is 4.79 Å². The number of aliphatic hydroxyl groups excluding tert-OH is 3. The third-order valence-corrected chi connectivity index (χ3v) is 3.21. The number of carboxylic acids is 1. The summed E-state index contributed by atoms with van der Waals surface area (Å²) in [5, 5.41) is 47.7. The molecular formula is C12H16MgO7. The van der Waals surface area contributed by atoms with Crippen LogP contribution in [0.5, 0.6) is 0 Å². The molecule has 0 unspecified atom stereocenters. The average Bonchev–Trinajstić information content (AvgIpc) is 2.41. The first-order valence-electron chi connectivity index (χ1n) is 5.58. The number of hydrogen-bond acceptors (Lipinski definition) is 6. The fourth-order valence-electron chi connectivity index (χ4n) is 1.99. The maximum atomic E-state index is 10.7. The minimum absolute atomic E-state index is 0. The first-order valence-corrected chi connectivity index (χ1v) is 5.58. The molecule has 1 aromatic carbocycles.